The summed E-state index contributed by atoms with van der Waals surface area (Å²) in [4.78, 5) is 6.45. The molecular weight excluding hydrogens is 216 g/mol. The Morgan fingerprint density at radius 2 is 2.29 bits per heavy atom. The molecule has 1 aromatic heterocycles. The molecule has 1 aromatic rings. The summed E-state index contributed by atoms with van der Waals surface area (Å²) in [6.07, 6.45) is 3.88. The minimum atomic E-state index is 0.256. The largest absolute Gasteiger partial charge is 0.387 e. The van der Waals surface area contributed by atoms with Crippen LogP contribution in [0, 0.1) is 0 Å². The first-order chi connectivity index (χ1) is 8.28. The maximum absolute atomic E-state index is 5.69. The predicted octanol–water partition coefficient (Wildman–Crippen LogP) is 0.866. The number of morpholine rings is 1. The van der Waals surface area contributed by atoms with Gasteiger partial charge in [-0.15, -0.1) is 0 Å². The maximum Gasteiger partial charge on any atom is 0.0874 e. The highest BCUT2D eigenvalue weighted by molar-refractivity contribution is 5.53. The lowest BCUT2D eigenvalue weighted by Gasteiger charge is -2.30. The molecule has 1 aliphatic heterocycles. The van der Waals surface area contributed by atoms with Crippen LogP contribution in [-0.4, -0.2) is 56.3 Å². The number of ether oxygens (including phenoxy) is 1. The van der Waals surface area contributed by atoms with Crippen molar-refractivity contribution < 1.29 is 4.74 Å². The normalized spacial score (nSPS) is 21.2. The first-order valence-corrected chi connectivity index (χ1v) is 5.95. The van der Waals surface area contributed by atoms with Crippen LogP contribution in [0.2, 0.25) is 0 Å². The Balaban J connectivity index is 1.84. The fourth-order valence-electron chi connectivity index (χ4n) is 1.90. The molecule has 1 fully saturated rings. The smallest absolute Gasteiger partial charge is 0.0874 e. The van der Waals surface area contributed by atoms with Gasteiger partial charge in [-0.1, -0.05) is 0 Å². The maximum atomic E-state index is 5.69. The van der Waals surface area contributed by atoms with Crippen molar-refractivity contribution in [2.75, 3.05) is 51.0 Å². The Bertz CT molecular complexity index is 358. The number of anilines is 2. The molecule has 0 spiro atoms. The molecule has 2 heterocycles. The topological polar surface area (TPSA) is 49.4 Å². The molecular formula is C12H20N4O. The van der Waals surface area contributed by atoms with Crippen molar-refractivity contribution in [2.45, 2.75) is 6.10 Å². The Labute approximate surface area is 102 Å². The molecule has 0 radical (unpaired) electrons. The van der Waals surface area contributed by atoms with Gasteiger partial charge >= 0.3 is 0 Å². The van der Waals surface area contributed by atoms with Gasteiger partial charge in [0.2, 0.25) is 0 Å². The third-order valence-corrected chi connectivity index (χ3v) is 2.90. The molecule has 0 saturated carbocycles. The summed E-state index contributed by atoms with van der Waals surface area (Å²) in [6.45, 7) is 3.64. The Morgan fingerprint density at radius 3 is 3.06 bits per heavy atom. The van der Waals surface area contributed by atoms with E-state index in [-0.39, 0.29) is 6.10 Å². The quantitative estimate of drug-likeness (QED) is 0.812. The Morgan fingerprint density at radius 1 is 1.47 bits per heavy atom. The second-order valence-corrected chi connectivity index (χ2v) is 4.35. The molecule has 1 unspecified atom stereocenters. The highest BCUT2D eigenvalue weighted by Crippen LogP contribution is 2.12. The fraction of sp³-hybridized carbons (Fsp3) is 0.583. The third-order valence-electron chi connectivity index (χ3n) is 2.90. The van der Waals surface area contributed by atoms with Gasteiger partial charge in [-0.25, -0.2) is 0 Å². The van der Waals surface area contributed by atoms with Gasteiger partial charge in [0, 0.05) is 26.7 Å². The van der Waals surface area contributed by atoms with E-state index >= 15 is 0 Å². The highest BCUT2D eigenvalue weighted by Gasteiger charge is 2.17. The second kappa shape index (κ2) is 5.84. The van der Waals surface area contributed by atoms with Gasteiger partial charge < -0.3 is 20.3 Å². The van der Waals surface area contributed by atoms with Crippen molar-refractivity contribution in [2.24, 2.45) is 0 Å². The summed E-state index contributed by atoms with van der Waals surface area (Å²) in [5.41, 5.74) is 2.03. The van der Waals surface area contributed by atoms with Crippen molar-refractivity contribution in [3.8, 4) is 0 Å². The number of pyridine rings is 1. The van der Waals surface area contributed by atoms with Gasteiger partial charge in [0.05, 0.1) is 36.5 Å². The van der Waals surface area contributed by atoms with Gasteiger partial charge in [-0.2, -0.15) is 0 Å². The Kier molecular flexibility index (Phi) is 4.17. The zero-order chi connectivity index (χ0) is 12.1. The summed E-state index contributed by atoms with van der Waals surface area (Å²) >= 11 is 0. The van der Waals surface area contributed by atoms with Crippen molar-refractivity contribution in [1.82, 2.24) is 9.88 Å². The molecule has 2 rings (SSSR count). The van der Waals surface area contributed by atoms with Crippen LogP contribution in [0.15, 0.2) is 18.5 Å². The summed E-state index contributed by atoms with van der Waals surface area (Å²) in [5.74, 6) is 0. The van der Waals surface area contributed by atoms with Crippen molar-refractivity contribution >= 4 is 11.4 Å². The van der Waals surface area contributed by atoms with Crippen LogP contribution in [0.3, 0.4) is 0 Å². The summed E-state index contributed by atoms with van der Waals surface area (Å²) in [6, 6.07) is 2.04. The summed E-state index contributed by atoms with van der Waals surface area (Å²) < 4.78 is 5.69. The van der Waals surface area contributed by atoms with Crippen molar-refractivity contribution in [3.05, 3.63) is 18.5 Å². The van der Waals surface area contributed by atoms with E-state index < -0.39 is 0 Å². The molecule has 2 N–H and O–H groups in total. The molecule has 94 valence electrons. The molecule has 17 heavy (non-hydrogen) atoms. The molecule has 1 saturated heterocycles. The van der Waals surface area contributed by atoms with Crippen LogP contribution in [-0.2, 0) is 4.74 Å². The average Bonchev–Trinajstić information content (AvgIpc) is 2.37. The number of likely N-dealkylation sites (N-methyl/N-ethyl adjacent to an activating group) is 1. The Hall–Kier alpha value is -1.33. The number of hydrogen-bond donors (Lipinski definition) is 2. The zero-order valence-electron chi connectivity index (χ0n) is 10.4. The first-order valence-electron chi connectivity index (χ1n) is 5.95. The van der Waals surface area contributed by atoms with Gasteiger partial charge in [-0.3, -0.25) is 4.98 Å². The number of aromatic nitrogens is 1. The lowest BCUT2D eigenvalue weighted by atomic mass is 10.2. The highest BCUT2D eigenvalue weighted by atomic mass is 16.5. The number of nitrogens with one attached hydrogen (secondary N) is 2. The third kappa shape index (κ3) is 3.57. The molecule has 0 aromatic carbocycles. The summed E-state index contributed by atoms with van der Waals surface area (Å²) in [7, 11) is 4.01. The van der Waals surface area contributed by atoms with E-state index in [0.717, 1.165) is 37.6 Å². The average molecular weight is 236 g/mol. The van der Waals surface area contributed by atoms with E-state index in [1.165, 1.54) is 0 Å². The van der Waals surface area contributed by atoms with Crippen LogP contribution in [0.5, 0.6) is 0 Å². The van der Waals surface area contributed by atoms with Crippen LogP contribution in [0.4, 0.5) is 11.4 Å². The van der Waals surface area contributed by atoms with Crippen LogP contribution < -0.4 is 10.6 Å². The minimum Gasteiger partial charge on any atom is -0.387 e. The van der Waals surface area contributed by atoms with E-state index in [1.54, 1.807) is 6.20 Å². The van der Waals surface area contributed by atoms with Crippen LogP contribution in [0.1, 0.15) is 0 Å². The van der Waals surface area contributed by atoms with Crippen LogP contribution in [0.25, 0.3) is 0 Å². The van der Waals surface area contributed by atoms with E-state index in [0.29, 0.717) is 0 Å². The van der Waals surface area contributed by atoms with E-state index in [2.05, 4.69) is 27.6 Å². The molecule has 5 heteroatoms. The monoisotopic (exact) mass is 236 g/mol. The SMILES string of the molecule is CNc1cncc(NCC2CN(C)CCO2)c1. The lowest BCUT2D eigenvalue weighted by molar-refractivity contribution is -0.0117. The standard InChI is InChI=1S/C12H20N4O/c1-13-10-5-11(7-14-6-10)15-8-12-9-16(2)3-4-17-12/h5-7,12-13,15H,3-4,8-9H2,1-2H3. The van der Waals surface area contributed by atoms with Gasteiger partial charge in [0.25, 0.3) is 0 Å². The minimum absolute atomic E-state index is 0.256. The zero-order valence-corrected chi connectivity index (χ0v) is 10.4. The van der Waals surface area contributed by atoms with E-state index in [9.17, 15) is 0 Å². The molecule has 1 atom stereocenters. The van der Waals surface area contributed by atoms with Crippen molar-refractivity contribution in [1.29, 1.82) is 0 Å². The fourth-order valence-corrected chi connectivity index (χ4v) is 1.90. The van der Waals surface area contributed by atoms with Gasteiger partial charge in [0.1, 0.15) is 0 Å². The number of rotatable bonds is 4. The predicted molar refractivity (Wildman–Crippen MR) is 69.5 cm³/mol. The molecule has 1 aliphatic rings. The molecule has 0 aliphatic carbocycles. The van der Waals surface area contributed by atoms with Gasteiger partial charge in [0.15, 0.2) is 0 Å². The second-order valence-electron chi connectivity index (χ2n) is 4.35. The summed E-state index contributed by atoms with van der Waals surface area (Å²) in [5, 5.41) is 6.43. The molecule has 5 nitrogen and oxygen atoms in total. The van der Waals surface area contributed by atoms with Crippen molar-refractivity contribution in [3.63, 3.8) is 0 Å². The lowest BCUT2D eigenvalue weighted by Crippen LogP contribution is -2.43. The van der Waals surface area contributed by atoms with E-state index in [4.69, 9.17) is 4.74 Å². The van der Waals surface area contributed by atoms with Crippen LogP contribution >= 0.6 is 0 Å². The number of nitrogens with zero attached hydrogens (tertiary/aromatic N) is 2. The molecule has 0 amide bonds. The molecule has 0 bridgehead atoms. The first kappa shape index (κ1) is 12.1. The van der Waals surface area contributed by atoms with Gasteiger partial charge in [-0.05, 0) is 13.1 Å². The number of hydrogen-bond acceptors (Lipinski definition) is 5. The van der Waals surface area contributed by atoms with E-state index in [1.807, 2.05) is 19.3 Å².